The molecule has 0 saturated heterocycles. The minimum atomic E-state index is 0.519. The Balaban J connectivity index is 2.74. The molecule has 4 heteroatoms. The van der Waals surface area contributed by atoms with Crippen molar-refractivity contribution in [1.82, 2.24) is 4.98 Å². The molecule has 0 bridgehead atoms. The second-order valence-electron chi connectivity index (χ2n) is 1.63. The predicted molar refractivity (Wildman–Crippen MR) is 37.9 cm³/mol. The van der Waals surface area contributed by atoms with Gasteiger partial charge in [0.2, 0.25) is 0 Å². The molecule has 0 amide bonds. The molecule has 0 atom stereocenters. The maximum absolute atomic E-state index is 5.35. The van der Waals surface area contributed by atoms with E-state index in [9.17, 15) is 0 Å². The van der Waals surface area contributed by atoms with E-state index < -0.39 is 0 Å². The van der Waals surface area contributed by atoms with Crippen LogP contribution in [0.15, 0.2) is 6.20 Å². The first-order valence-electron chi connectivity index (χ1n) is 2.70. The Kier molecular flexibility index (Phi) is 2.16. The van der Waals surface area contributed by atoms with Crippen molar-refractivity contribution in [2.45, 2.75) is 13.1 Å². The van der Waals surface area contributed by atoms with E-state index in [0.29, 0.717) is 13.1 Å². The topological polar surface area (TPSA) is 64.9 Å². The molecule has 0 aromatic carbocycles. The summed E-state index contributed by atoms with van der Waals surface area (Å²) in [5, 5.41) is 0.954. The number of thiazole rings is 1. The molecular formula is C5H9N3S. The highest BCUT2D eigenvalue weighted by molar-refractivity contribution is 7.11. The Morgan fingerprint density at radius 3 is 2.56 bits per heavy atom. The third kappa shape index (κ3) is 1.48. The maximum atomic E-state index is 5.35. The molecule has 1 aromatic rings. The van der Waals surface area contributed by atoms with Crippen molar-refractivity contribution in [3.8, 4) is 0 Å². The molecule has 0 radical (unpaired) electrons. The van der Waals surface area contributed by atoms with Gasteiger partial charge in [0.1, 0.15) is 5.01 Å². The first kappa shape index (κ1) is 6.67. The molecule has 50 valence electrons. The van der Waals surface area contributed by atoms with Gasteiger partial charge in [-0.3, -0.25) is 0 Å². The van der Waals surface area contributed by atoms with Crippen LogP contribution in [0.5, 0.6) is 0 Å². The van der Waals surface area contributed by atoms with E-state index in [0.717, 1.165) is 9.88 Å². The Labute approximate surface area is 57.7 Å². The summed E-state index contributed by atoms with van der Waals surface area (Å²) >= 11 is 1.57. The fourth-order valence-electron chi connectivity index (χ4n) is 0.537. The van der Waals surface area contributed by atoms with E-state index >= 15 is 0 Å². The highest BCUT2D eigenvalue weighted by atomic mass is 32.1. The van der Waals surface area contributed by atoms with Gasteiger partial charge in [0.15, 0.2) is 0 Å². The van der Waals surface area contributed by atoms with E-state index in [1.54, 1.807) is 17.5 Å². The minimum absolute atomic E-state index is 0.519. The molecule has 0 fully saturated rings. The molecule has 1 rings (SSSR count). The standard InChI is InChI=1S/C5H9N3S/c6-1-4-3-8-5(2-7)9-4/h3H,1-2,6-7H2. The third-order valence-electron chi connectivity index (χ3n) is 0.977. The van der Waals surface area contributed by atoms with E-state index in [1.165, 1.54) is 0 Å². The molecule has 1 heterocycles. The van der Waals surface area contributed by atoms with Crippen LogP contribution < -0.4 is 11.5 Å². The number of aromatic nitrogens is 1. The van der Waals surface area contributed by atoms with Gasteiger partial charge in [-0.1, -0.05) is 0 Å². The largest absolute Gasteiger partial charge is 0.326 e. The quantitative estimate of drug-likeness (QED) is 0.615. The van der Waals surface area contributed by atoms with Crippen molar-refractivity contribution in [2.75, 3.05) is 0 Å². The highest BCUT2D eigenvalue weighted by Gasteiger charge is 1.95. The molecule has 4 N–H and O–H groups in total. The number of rotatable bonds is 2. The molecule has 9 heavy (non-hydrogen) atoms. The smallest absolute Gasteiger partial charge is 0.106 e. The average molecular weight is 143 g/mol. The van der Waals surface area contributed by atoms with E-state index in [-0.39, 0.29) is 0 Å². The Bertz CT molecular complexity index is 166. The van der Waals surface area contributed by atoms with Crippen molar-refractivity contribution in [3.05, 3.63) is 16.1 Å². The monoisotopic (exact) mass is 143 g/mol. The zero-order chi connectivity index (χ0) is 6.69. The van der Waals surface area contributed by atoms with Crippen LogP contribution in [0.25, 0.3) is 0 Å². The van der Waals surface area contributed by atoms with Crippen molar-refractivity contribution in [2.24, 2.45) is 11.5 Å². The van der Waals surface area contributed by atoms with Crippen molar-refractivity contribution in [1.29, 1.82) is 0 Å². The zero-order valence-corrected chi connectivity index (χ0v) is 5.82. The molecule has 0 aliphatic heterocycles. The van der Waals surface area contributed by atoms with E-state index in [1.807, 2.05) is 0 Å². The summed E-state index contributed by atoms with van der Waals surface area (Å²) in [7, 11) is 0. The summed E-state index contributed by atoms with van der Waals surface area (Å²) in [6, 6.07) is 0. The summed E-state index contributed by atoms with van der Waals surface area (Å²) in [6.07, 6.45) is 1.77. The van der Waals surface area contributed by atoms with Gasteiger partial charge in [-0.05, 0) is 0 Å². The number of nitrogens with zero attached hydrogens (tertiary/aromatic N) is 1. The molecule has 0 aliphatic rings. The normalized spacial score (nSPS) is 10.0. The fraction of sp³-hybridized carbons (Fsp3) is 0.400. The van der Waals surface area contributed by atoms with E-state index in [2.05, 4.69) is 4.98 Å². The first-order chi connectivity index (χ1) is 4.36. The van der Waals surface area contributed by atoms with Gasteiger partial charge in [-0.25, -0.2) is 4.98 Å². The lowest BCUT2D eigenvalue weighted by Crippen LogP contribution is -1.93. The van der Waals surface area contributed by atoms with Crippen molar-refractivity contribution in [3.63, 3.8) is 0 Å². The van der Waals surface area contributed by atoms with Gasteiger partial charge in [-0.2, -0.15) is 0 Å². The summed E-state index contributed by atoms with van der Waals surface area (Å²) in [6.45, 7) is 1.09. The van der Waals surface area contributed by atoms with Crippen LogP contribution in [-0.2, 0) is 13.1 Å². The molecular weight excluding hydrogens is 134 g/mol. The molecule has 1 aromatic heterocycles. The predicted octanol–water partition coefficient (Wildman–Crippen LogP) is 0.0605. The van der Waals surface area contributed by atoms with Crippen LogP contribution in [0.1, 0.15) is 9.88 Å². The number of hydrogen-bond acceptors (Lipinski definition) is 4. The van der Waals surface area contributed by atoms with Gasteiger partial charge < -0.3 is 11.5 Å². The summed E-state index contributed by atoms with van der Waals surface area (Å²) in [4.78, 5) is 5.11. The maximum Gasteiger partial charge on any atom is 0.106 e. The second-order valence-corrected chi connectivity index (χ2v) is 2.83. The summed E-state index contributed by atoms with van der Waals surface area (Å²) < 4.78 is 0. The van der Waals surface area contributed by atoms with Crippen LogP contribution >= 0.6 is 11.3 Å². The third-order valence-corrected chi connectivity index (χ3v) is 2.02. The average Bonchev–Trinajstić information content (AvgIpc) is 2.34. The SMILES string of the molecule is NCc1cnc(CN)s1. The van der Waals surface area contributed by atoms with Gasteiger partial charge in [-0.15, -0.1) is 11.3 Å². The van der Waals surface area contributed by atoms with Crippen molar-refractivity contribution >= 4 is 11.3 Å². The lowest BCUT2D eigenvalue weighted by atomic mass is 10.6. The van der Waals surface area contributed by atoms with Crippen molar-refractivity contribution < 1.29 is 0 Å². The lowest BCUT2D eigenvalue weighted by Gasteiger charge is -1.82. The Morgan fingerprint density at radius 1 is 1.44 bits per heavy atom. The van der Waals surface area contributed by atoms with Crippen LogP contribution in [-0.4, -0.2) is 4.98 Å². The Hall–Kier alpha value is -0.450. The minimum Gasteiger partial charge on any atom is -0.326 e. The number of nitrogens with two attached hydrogens (primary N) is 2. The van der Waals surface area contributed by atoms with Gasteiger partial charge in [0.25, 0.3) is 0 Å². The van der Waals surface area contributed by atoms with Crippen LogP contribution in [0.3, 0.4) is 0 Å². The second kappa shape index (κ2) is 2.91. The lowest BCUT2D eigenvalue weighted by molar-refractivity contribution is 1.03. The van der Waals surface area contributed by atoms with Crippen LogP contribution in [0.2, 0.25) is 0 Å². The Morgan fingerprint density at radius 2 is 2.22 bits per heavy atom. The highest BCUT2D eigenvalue weighted by Crippen LogP contribution is 2.10. The molecule has 0 spiro atoms. The summed E-state index contributed by atoms with van der Waals surface area (Å²) in [5.41, 5.74) is 10.7. The van der Waals surface area contributed by atoms with Gasteiger partial charge in [0, 0.05) is 24.2 Å². The molecule has 3 nitrogen and oxygen atoms in total. The summed E-state index contributed by atoms with van der Waals surface area (Å²) in [5.74, 6) is 0. The fourth-order valence-corrected chi connectivity index (χ4v) is 1.22. The molecule has 0 unspecified atom stereocenters. The van der Waals surface area contributed by atoms with E-state index in [4.69, 9.17) is 11.5 Å². The van der Waals surface area contributed by atoms with Gasteiger partial charge in [0.05, 0.1) is 0 Å². The van der Waals surface area contributed by atoms with Gasteiger partial charge >= 0.3 is 0 Å². The first-order valence-corrected chi connectivity index (χ1v) is 3.52. The number of hydrogen-bond donors (Lipinski definition) is 2. The zero-order valence-electron chi connectivity index (χ0n) is 5.00. The van der Waals surface area contributed by atoms with Crippen LogP contribution in [0, 0.1) is 0 Å². The molecule has 0 aliphatic carbocycles. The van der Waals surface area contributed by atoms with Crippen LogP contribution in [0.4, 0.5) is 0 Å². The molecule has 0 saturated carbocycles.